The Morgan fingerprint density at radius 2 is 1.88 bits per heavy atom. The lowest BCUT2D eigenvalue weighted by Gasteiger charge is -2.10. The molecule has 6 heteroatoms. The summed E-state index contributed by atoms with van der Waals surface area (Å²) >= 11 is 0. The minimum atomic E-state index is -0.326. The van der Waals surface area contributed by atoms with Gasteiger partial charge in [0.05, 0.1) is 5.69 Å². The molecule has 2 aromatic carbocycles. The van der Waals surface area contributed by atoms with E-state index in [0.29, 0.717) is 17.9 Å². The van der Waals surface area contributed by atoms with Crippen molar-refractivity contribution in [1.82, 2.24) is 20.1 Å². The molecule has 0 aliphatic heterocycles. The summed E-state index contributed by atoms with van der Waals surface area (Å²) in [4.78, 5) is 16.8. The predicted octanol–water partition coefficient (Wildman–Crippen LogP) is 3.83. The molecule has 3 aromatic rings. The van der Waals surface area contributed by atoms with Crippen molar-refractivity contribution in [2.24, 2.45) is 0 Å². The summed E-state index contributed by atoms with van der Waals surface area (Å²) in [5.74, 6) is -0.0502. The molecule has 1 amide bonds. The quantitative estimate of drug-likeness (QED) is 0.759. The van der Waals surface area contributed by atoms with Gasteiger partial charge in [0.15, 0.2) is 5.82 Å². The van der Waals surface area contributed by atoms with Crippen LogP contribution in [0.3, 0.4) is 0 Å². The second-order valence-electron chi connectivity index (χ2n) is 6.22. The number of aromatic nitrogens is 3. The zero-order chi connectivity index (χ0) is 18.7. The number of carbonyl (C=O) groups is 1. The average Bonchev–Trinajstić information content (AvgIpc) is 3.07. The van der Waals surface area contributed by atoms with E-state index in [1.807, 2.05) is 39.0 Å². The van der Waals surface area contributed by atoms with E-state index in [9.17, 15) is 9.18 Å². The number of hydrogen-bond acceptors (Lipinski definition) is 3. The van der Waals surface area contributed by atoms with Gasteiger partial charge in [0.25, 0.3) is 5.91 Å². The van der Waals surface area contributed by atoms with E-state index in [1.54, 1.807) is 16.8 Å². The first kappa shape index (κ1) is 17.8. The molecule has 0 saturated carbocycles. The number of aryl methyl sites for hydroxylation is 2. The lowest BCUT2D eigenvalue weighted by atomic mass is 10.1. The van der Waals surface area contributed by atoms with Crippen LogP contribution in [0.25, 0.3) is 17.1 Å². The molecular weight excluding hydrogens is 331 g/mol. The van der Waals surface area contributed by atoms with Gasteiger partial charge in [-0.05, 0) is 61.7 Å². The standard InChI is InChI=1S/C20H21FN4O/c1-4-11-22-20(26)18-23-19(15-7-9-16(21)10-8-15)25(24-18)17-12-13(2)5-6-14(17)3/h5-10,12H,4,11H2,1-3H3,(H,22,26). The number of carbonyl (C=O) groups excluding carboxylic acids is 1. The zero-order valence-corrected chi connectivity index (χ0v) is 15.1. The van der Waals surface area contributed by atoms with Crippen molar-refractivity contribution in [3.05, 3.63) is 65.2 Å². The third-order valence-corrected chi connectivity index (χ3v) is 4.04. The lowest BCUT2D eigenvalue weighted by molar-refractivity contribution is 0.0943. The summed E-state index contributed by atoms with van der Waals surface area (Å²) in [6.45, 7) is 6.50. The van der Waals surface area contributed by atoms with E-state index in [4.69, 9.17) is 0 Å². The maximum atomic E-state index is 13.3. The Labute approximate surface area is 151 Å². The molecule has 0 fully saturated rings. The van der Waals surface area contributed by atoms with Gasteiger partial charge in [-0.1, -0.05) is 19.1 Å². The molecule has 134 valence electrons. The Hall–Kier alpha value is -3.02. The van der Waals surface area contributed by atoms with Gasteiger partial charge < -0.3 is 5.32 Å². The van der Waals surface area contributed by atoms with Gasteiger partial charge in [0, 0.05) is 12.1 Å². The highest BCUT2D eigenvalue weighted by Gasteiger charge is 2.19. The van der Waals surface area contributed by atoms with Crippen molar-refractivity contribution in [2.45, 2.75) is 27.2 Å². The van der Waals surface area contributed by atoms with Crippen LogP contribution in [0.2, 0.25) is 0 Å². The highest BCUT2D eigenvalue weighted by Crippen LogP contribution is 2.24. The van der Waals surface area contributed by atoms with Gasteiger partial charge in [-0.3, -0.25) is 4.79 Å². The molecule has 5 nitrogen and oxygen atoms in total. The zero-order valence-electron chi connectivity index (χ0n) is 15.1. The van der Waals surface area contributed by atoms with E-state index >= 15 is 0 Å². The fourth-order valence-electron chi connectivity index (χ4n) is 2.63. The van der Waals surface area contributed by atoms with Crippen molar-refractivity contribution in [3.63, 3.8) is 0 Å². The first-order chi connectivity index (χ1) is 12.5. The summed E-state index contributed by atoms with van der Waals surface area (Å²) < 4.78 is 15.0. The number of halogens is 1. The number of amides is 1. The maximum Gasteiger partial charge on any atom is 0.290 e. The molecule has 0 saturated heterocycles. The van der Waals surface area contributed by atoms with E-state index in [0.717, 1.165) is 23.2 Å². The van der Waals surface area contributed by atoms with Crippen LogP contribution >= 0.6 is 0 Å². The molecule has 0 aliphatic rings. The molecule has 0 atom stereocenters. The third-order valence-electron chi connectivity index (χ3n) is 4.04. The van der Waals surface area contributed by atoms with E-state index in [1.165, 1.54) is 12.1 Å². The summed E-state index contributed by atoms with van der Waals surface area (Å²) in [6, 6.07) is 12.0. The van der Waals surface area contributed by atoms with Crippen molar-refractivity contribution < 1.29 is 9.18 Å². The second-order valence-corrected chi connectivity index (χ2v) is 6.22. The topological polar surface area (TPSA) is 59.8 Å². The Morgan fingerprint density at radius 3 is 2.58 bits per heavy atom. The normalized spacial score (nSPS) is 10.8. The van der Waals surface area contributed by atoms with Gasteiger partial charge >= 0.3 is 0 Å². The minimum absolute atomic E-state index is 0.0960. The molecular formula is C20H21FN4O. The molecule has 1 aromatic heterocycles. The lowest BCUT2D eigenvalue weighted by Crippen LogP contribution is -2.25. The molecule has 3 rings (SSSR count). The fraction of sp³-hybridized carbons (Fsp3) is 0.250. The summed E-state index contributed by atoms with van der Waals surface area (Å²) in [5, 5.41) is 7.22. The van der Waals surface area contributed by atoms with Crippen LogP contribution in [0, 0.1) is 19.7 Å². The molecule has 0 bridgehead atoms. The molecule has 1 N–H and O–H groups in total. The van der Waals surface area contributed by atoms with Crippen LogP contribution in [0.1, 0.15) is 35.1 Å². The van der Waals surface area contributed by atoms with Crippen molar-refractivity contribution in [3.8, 4) is 17.1 Å². The minimum Gasteiger partial charge on any atom is -0.349 e. The number of nitrogens with zero attached hydrogens (tertiary/aromatic N) is 3. The summed E-state index contributed by atoms with van der Waals surface area (Å²) in [5.41, 5.74) is 3.60. The van der Waals surface area contributed by atoms with Crippen LogP contribution in [0.5, 0.6) is 0 Å². The van der Waals surface area contributed by atoms with Gasteiger partial charge in [0.2, 0.25) is 5.82 Å². The Morgan fingerprint density at radius 1 is 1.15 bits per heavy atom. The fourth-order valence-corrected chi connectivity index (χ4v) is 2.63. The van der Waals surface area contributed by atoms with Crippen molar-refractivity contribution in [1.29, 1.82) is 0 Å². The van der Waals surface area contributed by atoms with E-state index in [2.05, 4.69) is 15.4 Å². The highest BCUT2D eigenvalue weighted by atomic mass is 19.1. The number of nitrogens with one attached hydrogen (secondary N) is 1. The summed E-state index contributed by atoms with van der Waals surface area (Å²) in [6.07, 6.45) is 0.828. The Bertz CT molecular complexity index is 931. The second kappa shape index (κ2) is 7.47. The third kappa shape index (κ3) is 3.64. The van der Waals surface area contributed by atoms with Crippen LogP contribution in [0.4, 0.5) is 4.39 Å². The van der Waals surface area contributed by atoms with Crippen LogP contribution in [0.15, 0.2) is 42.5 Å². The first-order valence-electron chi connectivity index (χ1n) is 8.58. The predicted molar refractivity (Wildman–Crippen MR) is 98.9 cm³/mol. The molecule has 1 heterocycles. The van der Waals surface area contributed by atoms with Gasteiger partial charge in [-0.15, -0.1) is 5.10 Å². The monoisotopic (exact) mass is 352 g/mol. The Balaban J connectivity index is 2.14. The van der Waals surface area contributed by atoms with E-state index < -0.39 is 0 Å². The number of rotatable bonds is 5. The smallest absolute Gasteiger partial charge is 0.290 e. The Kier molecular flexibility index (Phi) is 5.11. The summed E-state index contributed by atoms with van der Waals surface area (Å²) in [7, 11) is 0. The highest BCUT2D eigenvalue weighted by molar-refractivity contribution is 5.91. The maximum absolute atomic E-state index is 13.3. The van der Waals surface area contributed by atoms with Crippen molar-refractivity contribution in [2.75, 3.05) is 6.54 Å². The molecule has 0 radical (unpaired) electrons. The van der Waals surface area contributed by atoms with Gasteiger partial charge in [0.1, 0.15) is 5.82 Å². The largest absolute Gasteiger partial charge is 0.349 e. The first-order valence-corrected chi connectivity index (χ1v) is 8.58. The van der Waals surface area contributed by atoms with Crippen LogP contribution < -0.4 is 5.32 Å². The number of hydrogen-bond donors (Lipinski definition) is 1. The van der Waals surface area contributed by atoms with Crippen molar-refractivity contribution >= 4 is 5.91 Å². The SMILES string of the molecule is CCCNC(=O)c1nc(-c2ccc(F)cc2)n(-c2cc(C)ccc2C)n1. The van der Waals surface area contributed by atoms with Gasteiger partial charge in [-0.2, -0.15) is 0 Å². The molecule has 0 unspecified atom stereocenters. The van der Waals surface area contributed by atoms with Gasteiger partial charge in [-0.25, -0.2) is 14.1 Å². The average molecular weight is 352 g/mol. The molecule has 0 aliphatic carbocycles. The molecule has 26 heavy (non-hydrogen) atoms. The molecule has 0 spiro atoms. The van der Waals surface area contributed by atoms with E-state index in [-0.39, 0.29) is 17.5 Å². The van der Waals surface area contributed by atoms with Crippen LogP contribution in [-0.2, 0) is 0 Å². The number of benzene rings is 2. The van der Waals surface area contributed by atoms with Crippen LogP contribution in [-0.4, -0.2) is 27.2 Å².